The molecule has 1 N–H and O–H groups in total. The third kappa shape index (κ3) is 2.93. The SMILES string of the molecule is COc1ccc(-c2ccccc2)cc1CNc1nncn1C. The van der Waals surface area contributed by atoms with Gasteiger partial charge in [-0.15, -0.1) is 10.2 Å². The zero-order chi connectivity index (χ0) is 15.4. The Bertz CT molecular complexity index is 752. The van der Waals surface area contributed by atoms with Gasteiger partial charge in [0.1, 0.15) is 12.1 Å². The van der Waals surface area contributed by atoms with Crippen LogP contribution in [-0.2, 0) is 13.6 Å². The van der Waals surface area contributed by atoms with Crippen LogP contribution in [0.25, 0.3) is 11.1 Å². The van der Waals surface area contributed by atoms with E-state index in [1.54, 1.807) is 13.4 Å². The maximum Gasteiger partial charge on any atom is 0.224 e. The summed E-state index contributed by atoms with van der Waals surface area (Å²) in [4.78, 5) is 0. The van der Waals surface area contributed by atoms with Crippen molar-refractivity contribution in [3.63, 3.8) is 0 Å². The number of rotatable bonds is 5. The van der Waals surface area contributed by atoms with E-state index in [2.05, 4.69) is 39.8 Å². The summed E-state index contributed by atoms with van der Waals surface area (Å²) in [5.74, 6) is 1.58. The number of hydrogen-bond acceptors (Lipinski definition) is 4. The minimum Gasteiger partial charge on any atom is -0.496 e. The van der Waals surface area contributed by atoms with Crippen molar-refractivity contribution in [1.29, 1.82) is 0 Å². The molecular weight excluding hydrogens is 276 g/mol. The highest BCUT2D eigenvalue weighted by molar-refractivity contribution is 5.65. The zero-order valence-corrected chi connectivity index (χ0v) is 12.7. The van der Waals surface area contributed by atoms with Crippen molar-refractivity contribution in [2.24, 2.45) is 7.05 Å². The molecule has 2 aromatic carbocycles. The molecule has 0 aliphatic rings. The first kappa shape index (κ1) is 14.1. The molecule has 0 aliphatic carbocycles. The van der Waals surface area contributed by atoms with Crippen molar-refractivity contribution in [2.75, 3.05) is 12.4 Å². The van der Waals surface area contributed by atoms with Gasteiger partial charge in [0.05, 0.1) is 7.11 Å². The first-order valence-electron chi connectivity index (χ1n) is 7.08. The normalized spacial score (nSPS) is 10.5. The van der Waals surface area contributed by atoms with Crippen LogP contribution >= 0.6 is 0 Å². The Morgan fingerprint density at radius 3 is 2.59 bits per heavy atom. The van der Waals surface area contributed by atoms with Crippen LogP contribution in [0.2, 0.25) is 0 Å². The molecule has 0 aliphatic heterocycles. The van der Waals surface area contributed by atoms with Crippen LogP contribution in [0.15, 0.2) is 54.9 Å². The molecule has 0 unspecified atom stereocenters. The standard InChI is InChI=1S/C17H18N4O/c1-21-12-19-20-17(21)18-11-15-10-14(8-9-16(15)22-2)13-6-4-3-5-7-13/h3-10,12H,11H2,1-2H3,(H,18,20). The van der Waals surface area contributed by atoms with Crippen molar-refractivity contribution in [2.45, 2.75) is 6.54 Å². The van der Waals surface area contributed by atoms with E-state index >= 15 is 0 Å². The fourth-order valence-corrected chi connectivity index (χ4v) is 2.34. The van der Waals surface area contributed by atoms with E-state index in [1.807, 2.05) is 35.9 Å². The summed E-state index contributed by atoms with van der Waals surface area (Å²) in [6.07, 6.45) is 1.67. The summed E-state index contributed by atoms with van der Waals surface area (Å²) in [6, 6.07) is 16.5. The van der Waals surface area contributed by atoms with Crippen LogP contribution < -0.4 is 10.1 Å². The van der Waals surface area contributed by atoms with Crippen LogP contribution in [0.3, 0.4) is 0 Å². The Labute approximate surface area is 129 Å². The summed E-state index contributed by atoms with van der Waals surface area (Å²) in [5.41, 5.74) is 3.42. The highest BCUT2D eigenvalue weighted by Gasteiger charge is 2.07. The predicted octanol–water partition coefficient (Wildman–Crippen LogP) is 3.10. The average molecular weight is 294 g/mol. The van der Waals surface area contributed by atoms with Crippen LogP contribution in [0.4, 0.5) is 5.95 Å². The van der Waals surface area contributed by atoms with Gasteiger partial charge in [-0.25, -0.2) is 0 Å². The smallest absolute Gasteiger partial charge is 0.224 e. The summed E-state index contributed by atoms with van der Waals surface area (Å²) in [7, 11) is 3.59. The van der Waals surface area contributed by atoms with Gasteiger partial charge in [0.25, 0.3) is 0 Å². The molecule has 0 spiro atoms. The van der Waals surface area contributed by atoms with E-state index in [-0.39, 0.29) is 0 Å². The lowest BCUT2D eigenvalue weighted by Gasteiger charge is -2.12. The van der Waals surface area contributed by atoms with E-state index < -0.39 is 0 Å². The second-order valence-electron chi connectivity index (χ2n) is 5.01. The Kier molecular flexibility index (Phi) is 4.05. The highest BCUT2D eigenvalue weighted by atomic mass is 16.5. The number of ether oxygens (including phenoxy) is 1. The van der Waals surface area contributed by atoms with E-state index in [1.165, 1.54) is 5.56 Å². The molecule has 1 aromatic heterocycles. The van der Waals surface area contributed by atoms with Crippen molar-refractivity contribution >= 4 is 5.95 Å². The molecule has 0 fully saturated rings. The second-order valence-corrected chi connectivity index (χ2v) is 5.01. The first-order chi connectivity index (χ1) is 10.8. The van der Waals surface area contributed by atoms with Crippen molar-refractivity contribution in [3.8, 4) is 16.9 Å². The quantitative estimate of drug-likeness (QED) is 0.785. The van der Waals surface area contributed by atoms with Gasteiger partial charge in [-0.3, -0.25) is 0 Å². The number of aromatic nitrogens is 3. The van der Waals surface area contributed by atoms with Gasteiger partial charge >= 0.3 is 0 Å². The molecule has 1 heterocycles. The lowest BCUT2D eigenvalue weighted by Crippen LogP contribution is -2.06. The first-order valence-corrected chi connectivity index (χ1v) is 7.08. The molecule has 0 amide bonds. The Morgan fingerprint density at radius 1 is 1.09 bits per heavy atom. The number of aryl methyl sites for hydroxylation is 1. The Balaban J connectivity index is 1.87. The van der Waals surface area contributed by atoms with Gasteiger partial charge in [0.15, 0.2) is 0 Å². The molecule has 3 aromatic rings. The topological polar surface area (TPSA) is 52.0 Å². The molecule has 3 rings (SSSR count). The summed E-state index contributed by atoms with van der Waals surface area (Å²) < 4.78 is 7.29. The molecule has 0 saturated carbocycles. The number of anilines is 1. The average Bonchev–Trinajstić information content (AvgIpc) is 2.98. The van der Waals surface area contributed by atoms with Crippen molar-refractivity contribution in [3.05, 3.63) is 60.4 Å². The van der Waals surface area contributed by atoms with E-state index in [9.17, 15) is 0 Å². The molecule has 0 bridgehead atoms. The number of nitrogens with one attached hydrogen (secondary N) is 1. The fraction of sp³-hybridized carbons (Fsp3) is 0.176. The van der Waals surface area contributed by atoms with Crippen molar-refractivity contribution in [1.82, 2.24) is 14.8 Å². The largest absolute Gasteiger partial charge is 0.496 e. The molecule has 0 saturated heterocycles. The molecular formula is C17H18N4O. The van der Waals surface area contributed by atoms with Crippen LogP contribution in [0, 0.1) is 0 Å². The lowest BCUT2D eigenvalue weighted by atomic mass is 10.0. The Morgan fingerprint density at radius 2 is 1.91 bits per heavy atom. The van der Waals surface area contributed by atoms with Gasteiger partial charge in [0.2, 0.25) is 5.95 Å². The van der Waals surface area contributed by atoms with Gasteiger partial charge in [-0.1, -0.05) is 36.4 Å². The molecule has 0 radical (unpaired) electrons. The molecule has 0 atom stereocenters. The minimum absolute atomic E-state index is 0.621. The van der Waals surface area contributed by atoms with Gasteiger partial charge in [-0.05, 0) is 23.3 Å². The summed E-state index contributed by atoms with van der Waals surface area (Å²) in [6.45, 7) is 0.621. The van der Waals surface area contributed by atoms with E-state index in [0.29, 0.717) is 6.54 Å². The number of benzene rings is 2. The highest BCUT2D eigenvalue weighted by Crippen LogP contribution is 2.27. The lowest BCUT2D eigenvalue weighted by molar-refractivity contribution is 0.410. The van der Waals surface area contributed by atoms with Crippen LogP contribution in [0.5, 0.6) is 5.75 Å². The zero-order valence-electron chi connectivity index (χ0n) is 12.7. The maximum absolute atomic E-state index is 5.45. The third-order valence-electron chi connectivity index (χ3n) is 3.54. The number of hydrogen-bond donors (Lipinski definition) is 1. The van der Waals surface area contributed by atoms with E-state index in [4.69, 9.17) is 4.74 Å². The number of methoxy groups -OCH3 is 1. The molecule has 5 heteroatoms. The second kappa shape index (κ2) is 6.30. The van der Waals surface area contributed by atoms with Gasteiger partial charge in [-0.2, -0.15) is 0 Å². The Hall–Kier alpha value is -2.82. The van der Waals surface area contributed by atoms with Crippen molar-refractivity contribution < 1.29 is 4.74 Å². The summed E-state index contributed by atoms with van der Waals surface area (Å²) >= 11 is 0. The molecule has 112 valence electrons. The third-order valence-corrected chi connectivity index (χ3v) is 3.54. The van der Waals surface area contributed by atoms with E-state index in [0.717, 1.165) is 22.8 Å². The molecule has 5 nitrogen and oxygen atoms in total. The monoisotopic (exact) mass is 294 g/mol. The minimum atomic E-state index is 0.621. The van der Waals surface area contributed by atoms with Gasteiger partial charge < -0.3 is 14.6 Å². The number of nitrogens with zero attached hydrogens (tertiary/aromatic N) is 3. The van der Waals surface area contributed by atoms with Gasteiger partial charge in [0, 0.05) is 19.2 Å². The van der Waals surface area contributed by atoms with Crippen LogP contribution in [0.1, 0.15) is 5.56 Å². The fourth-order valence-electron chi connectivity index (χ4n) is 2.34. The van der Waals surface area contributed by atoms with Crippen LogP contribution in [-0.4, -0.2) is 21.9 Å². The summed E-state index contributed by atoms with van der Waals surface area (Å²) in [5, 5.41) is 11.2. The molecule has 22 heavy (non-hydrogen) atoms. The maximum atomic E-state index is 5.45. The predicted molar refractivity (Wildman–Crippen MR) is 86.8 cm³/mol.